The maximum absolute atomic E-state index is 5.79. The van der Waals surface area contributed by atoms with E-state index in [2.05, 4.69) is 41.9 Å². The highest BCUT2D eigenvalue weighted by molar-refractivity contribution is 5.12. The quantitative estimate of drug-likeness (QED) is 0.795. The van der Waals surface area contributed by atoms with Gasteiger partial charge in [-0.2, -0.15) is 5.10 Å². The van der Waals surface area contributed by atoms with E-state index in [0.717, 1.165) is 39.0 Å². The molecule has 1 aliphatic heterocycles. The van der Waals surface area contributed by atoms with Crippen LogP contribution in [-0.2, 0) is 24.1 Å². The van der Waals surface area contributed by atoms with Crippen LogP contribution in [0.2, 0.25) is 0 Å². The minimum atomic E-state index is 0.447. The summed E-state index contributed by atoms with van der Waals surface area (Å²) in [7, 11) is 0. The zero-order valence-corrected chi connectivity index (χ0v) is 13.2. The van der Waals surface area contributed by atoms with Gasteiger partial charge >= 0.3 is 0 Å². The van der Waals surface area contributed by atoms with Crippen molar-refractivity contribution in [2.45, 2.75) is 71.6 Å². The molecule has 0 aliphatic carbocycles. The summed E-state index contributed by atoms with van der Waals surface area (Å²) in [6.45, 7) is 9.42. The van der Waals surface area contributed by atoms with Gasteiger partial charge in [0, 0.05) is 31.3 Å². The Hall–Kier alpha value is -0.870. The fraction of sp³-hybridized carbons (Fsp3) is 0.812. The van der Waals surface area contributed by atoms with Gasteiger partial charge in [0.05, 0.1) is 11.8 Å². The molecule has 2 heterocycles. The molecule has 1 aromatic heterocycles. The highest BCUT2D eigenvalue weighted by Crippen LogP contribution is 2.19. The average molecular weight is 279 g/mol. The van der Waals surface area contributed by atoms with Gasteiger partial charge in [0.25, 0.3) is 0 Å². The van der Waals surface area contributed by atoms with E-state index in [1.165, 1.54) is 24.2 Å². The van der Waals surface area contributed by atoms with Gasteiger partial charge in [0.1, 0.15) is 0 Å². The van der Waals surface area contributed by atoms with E-state index in [4.69, 9.17) is 4.74 Å². The minimum Gasteiger partial charge on any atom is -0.378 e. The van der Waals surface area contributed by atoms with E-state index in [1.807, 2.05) is 0 Å². The molecule has 20 heavy (non-hydrogen) atoms. The minimum absolute atomic E-state index is 0.447. The smallest absolute Gasteiger partial charge is 0.0624 e. The number of hydrogen-bond donors (Lipinski definition) is 1. The van der Waals surface area contributed by atoms with E-state index in [1.54, 1.807) is 0 Å². The Bertz CT molecular complexity index is 396. The fourth-order valence-electron chi connectivity index (χ4n) is 3.05. The lowest BCUT2D eigenvalue weighted by atomic mass is 10.0. The van der Waals surface area contributed by atoms with Crippen molar-refractivity contribution in [3.63, 3.8) is 0 Å². The van der Waals surface area contributed by atoms with Crippen LogP contribution in [0.25, 0.3) is 0 Å². The van der Waals surface area contributed by atoms with Gasteiger partial charge in [-0.3, -0.25) is 4.68 Å². The van der Waals surface area contributed by atoms with Crippen LogP contribution in [0.15, 0.2) is 6.07 Å². The number of rotatable bonds is 8. The van der Waals surface area contributed by atoms with Crippen molar-refractivity contribution < 1.29 is 4.74 Å². The molecule has 2 atom stereocenters. The van der Waals surface area contributed by atoms with Gasteiger partial charge in [0.2, 0.25) is 0 Å². The molecular weight excluding hydrogens is 250 g/mol. The summed E-state index contributed by atoms with van der Waals surface area (Å²) in [6, 6.07) is 2.76. The summed E-state index contributed by atoms with van der Waals surface area (Å²) >= 11 is 0. The fourth-order valence-corrected chi connectivity index (χ4v) is 3.05. The Morgan fingerprint density at radius 2 is 2.30 bits per heavy atom. The second-order valence-electron chi connectivity index (χ2n) is 5.63. The van der Waals surface area contributed by atoms with Gasteiger partial charge in [-0.15, -0.1) is 0 Å². The first kappa shape index (κ1) is 15.5. The Morgan fingerprint density at radius 3 is 2.90 bits per heavy atom. The van der Waals surface area contributed by atoms with E-state index in [9.17, 15) is 0 Å². The van der Waals surface area contributed by atoms with E-state index in [0.29, 0.717) is 12.1 Å². The molecule has 2 rings (SSSR count). The first-order valence-electron chi connectivity index (χ1n) is 8.17. The first-order chi connectivity index (χ1) is 9.76. The summed E-state index contributed by atoms with van der Waals surface area (Å²) in [5.74, 6) is 0. The first-order valence-corrected chi connectivity index (χ1v) is 8.17. The average Bonchev–Trinajstić information content (AvgIpc) is 3.08. The molecule has 0 amide bonds. The van der Waals surface area contributed by atoms with Gasteiger partial charge in [0.15, 0.2) is 0 Å². The number of aromatic nitrogens is 2. The van der Waals surface area contributed by atoms with Crippen molar-refractivity contribution in [2.75, 3.05) is 13.2 Å². The maximum atomic E-state index is 5.79. The van der Waals surface area contributed by atoms with Crippen molar-refractivity contribution in [3.05, 3.63) is 17.5 Å². The molecule has 4 nitrogen and oxygen atoms in total. The molecule has 1 saturated heterocycles. The Morgan fingerprint density at radius 1 is 1.45 bits per heavy atom. The SMILES string of the molecule is CCNC(Cc1cc(CC)nn1CC)CC1CCCO1. The van der Waals surface area contributed by atoms with Crippen LogP contribution >= 0.6 is 0 Å². The lowest BCUT2D eigenvalue weighted by molar-refractivity contribution is 0.0945. The summed E-state index contributed by atoms with van der Waals surface area (Å²) in [5, 5.41) is 8.27. The summed E-state index contributed by atoms with van der Waals surface area (Å²) in [5.41, 5.74) is 2.56. The standard InChI is InChI=1S/C16H29N3O/c1-4-13-10-15(19(6-3)18-13)11-14(17-5-2)12-16-8-7-9-20-16/h10,14,16-17H,4-9,11-12H2,1-3H3. The molecule has 1 fully saturated rings. The number of aryl methyl sites for hydroxylation is 2. The summed E-state index contributed by atoms with van der Waals surface area (Å²) in [4.78, 5) is 0. The molecule has 4 heteroatoms. The second-order valence-corrected chi connectivity index (χ2v) is 5.63. The van der Waals surface area contributed by atoms with E-state index >= 15 is 0 Å². The van der Waals surface area contributed by atoms with E-state index in [-0.39, 0.29) is 0 Å². The lowest BCUT2D eigenvalue weighted by Gasteiger charge is -2.21. The number of nitrogens with zero attached hydrogens (tertiary/aromatic N) is 2. The number of likely N-dealkylation sites (N-methyl/N-ethyl adjacent to an activating group) is 1. The molecule has 1 N–H and O–H groups in total. The van der Waals surface area contributed by atoms with Gasteiger partial charge in [-0.05, 0) is 45.2 Å². The largest absolute Gasteiger partial charge is 0.378 e. The van der Waals surface area contributed by atoms with Crippen molar-refractivity contribution >= 4 is 0 Å². The van der Waals surface area contributed by atoms with Crippen LogP contribution in [0.1, 0.15) is 51.4 Å². The van der Waals surface area contributed by atoms with Crippen LogP contribution < -0.4 is 5.32 Å². The summed E-state index contributed by atoms with van der Waals surface area (Å²) in [6.07, 6.45) is 6.06. The van der Waals surface area contributed by atoms with Gasteiger partial charge in [-0.1, -0.05) is 13.8 Å². The van der Waals surface area contributed by atoms with Crippen molar-refractivity contribution in [1.82, 2.24) is 15.1 Å². The molecule has 0 aromatic carbocycles. The van der Waals surface area contributed by atoms with Crippen LogP contribution in [0, 0.1) is 0 Å². The Balaban J connectivity index is 2.00. The lowest BCUT2D eigenvalue weighted by Crippen LogP contribution is -2.35. The van der Waals surface area contributed by atoms with E-state index < -0.39 is 0 Å². The van der Waals surface area contributed by atoms with Crippen molar-refractivity contribution in [3.8, 4) is 0 Å². The van der Waals surface area contributed by atoms with Crippen molar-refractivity contribution in [1.29, 1.82) is 0 Å². The number of hydrogen-bond acceptors (Lipinski definition) is 3. The molecule has 0 radical (unpaired) electrons. The van der Waals surface area contributed by atoms with Crippen LogP contribution in [0.5, 0.6) is 0 Å². The molecule has 1 aliphatic rings. The third-order valence-electron chi connectivity index (χ3n) is 4.10. The third kappa shape index (κ3) is 4.06. The molecular formula is C16H29N3O. The third-order valence-corrected chi connectivity index (χ3v) is 4.10. The monoisotopic (exact) mass is 279 g/mol. The molecule has 2 unspecified atom stereocenters. The predicted molar refractivity (Wildman–Crippen MR) is 82.0 cm³/mol. The van der Waals surface area contributed by atoms with Crippen LogP contribution in [0.3, 0.4) is 0 Å². The van der Waals surface area contributed by atoms with Gasteiger partial charge < -0.3 is 10.1 Å². The molecule has 0 bridgehead atoms. The van der Waals surface area contributed by atoms with Gasteiger partial charge in [-0.25, -0.2) is 0 Å². The zero-order valence-electron chi connectivity index (χ0n) is 13.2. The Labute approximate surface area is 122 Å². The maximum Gasteiger partial charge on any atom is 0.0624 e. The summed E-state index contributed by atoms with van der Waals surface area (Å²) < 4.78 is 7.94. The van der Waals surface area contributed by atoms with Crippen LogP contribution in [0.4, 0.5) is 0 Å². The number of ether oxygens (including phenoxy) is 1. The molecule has 114 valence electrons. The number of nitrogens with one attached hydrogen (secondary N) is 1. The predicted octanol–water partition coefficient (Wildman–Crippen LogP) is 2.56. The molecule has 0 saturated carbocycles. The highest BCUT2D eigenvalue weighted by atomic mass is 16.5. The normalized spacial score (nSPS) is 20.4. The second kappa shape index (κ2) is 7.79. The highest BCUT2D eigenvalue weighted by Gasteiger charge is 2.21. The Kier molecular flexibility index (Phi) is 6.05. The van der Waals surface area contributed by atoms with Crippen LogP contribution in [-0.4, -0.2) is 35.1 Å². The zero-order chi connectivity index (χ0) is 14.4. The molecule has 1 aromatic rings. The topological polar surface area (TPSA) is 39.1 Å². The molecule has 0 spiro atoms. The van der Waals surface area contributed by atoms with Crippen molar-refractivity contribution in [2.24, 2.45) is 0 Å².